The molecular weight excluding hydrogens is 404 g/mol. The van der Waals surface area contributed by atoms with Gasteiger partial charge in [-0.2, -0.15) is 5.26 Å². The summed E-state index contributed by atoms with van der Waals surface area (Å²) in [6, 6.07) is 15.4. The summed E-state index contributed by atoms with van der Waals surface area (Å²) >= 11 is 0. The smallest absolute Gasteiger partial charge is 0.228 e. The van der Waals surface area contributed by atoms with Crippen LogP contribution in [0.5, 0.6) is 5.75 Å². The largest absolute Gasteiger partial charge is 0.495 e. The van der Waals surface area contributed by atoms with E-state index in [1.165, 1.54) is 0 Å². The highest BCUT2D eigenvalue weighted by atomic mass is 16.5. The standard InChI is InChI=1S/C25H28N4O3/c1-18-4-9-23(32-2)22(14-18)29-17-20(15-24(29)30)25(31)28-11-3-10-27(12-13-28)21-7-5-19(16-26)6-8-21/h4-9,14,20H,3,10-13,15,17H2,1-2H3. The van der Waals surface area contributed by atoms with Crippen LogP contribution in [0.1, 0.15) is 24.0 Å². The fourth-order valence-corrected chi connectivity index (χ4v) is 4.52. The van der Waals surface area contributed by atoms with E-state index in [1.807, 2.05) is 54.3 Å². The van der Waals surface area contributed by atoms with E-state index in [9.17, 15) is 9.59 Å². The molecule has 1 unspecified atom stereocenters. The molecule has 0 saturated carbocycles. The molecule has 2 aliphatic heterocycles. The zero-order chi connectivity index (χ0) is 22.7. The SMILES string of the molecule is COc1ccc(C)cc1N1CC(C(=O)N2CCCN(c3ccc(C#N)cc3)CC2)CC1=O. The molecule has 0 spiro atoms. The van der Waals surface area contributed by atoms with Crippen molar-refractivity contribution in [2.75, 3.05) is 49.6 Å². The van der Waals surface area contributed by atoms with Gasteiger partial charge < -0.3 is 19.4 Å². The summed E-state index contributed by atoms with van der Waals surface area (Å²) in [5, 5.41) is 8.99. The number of rotatable bonds is 4. The van der Waals surface area contributed by atoms with Crippen molar-refractivity contribution in [3.63, 3.8) is 0 Å². The van der Waals surface area contributed by atoms with E-state index < -0.39 is 0 Å². The molecule has 2 heterocycles. The highest BCUT2D eigenvalue weighted by Crippen LogP contribution is 2.34. The van der Waals surface area contributed by atoms with Crippen LogP contribution in [0.15, 0.2) is 42.5 Å². The van der Waals surface area contributed by atoms with Crippen LogP contribution in [-0.4, -0.2) is 56.5 Å². The van der Waals surface area contributed by atoms with Crippen molar-refractivity contribution >= 4 is 23.2 Å². The third-order valence-corrected chi connectivity index (χ3v) is 6.27. The van der Waals surface area contributed by atoms with E-state index in [1.54, 1.807) is 12.0 Å². The first-order valence-electron chi connectivity index (χ1n) is 11.0. The molecule has 7 heteroatoms. The Balaban J connectivity index is 1.42. The molecular formula is C25H28N4O3. The third-order valence-electron chi connectivity index (χ3n) is 6.27. The molecule has 0 bridgehead atoms. The Hall–Kier alpha value is -3.53. The number of hydrogen-bond donors (Lipinski definition) is 0. The first-order valence-corrected chi connectivity index (χ1v) is 11.0. The normalized spacial score (nSPS) is 19.0. The predicted molar refractivity (Wildman–Crippen MR) is 123 cm³/mol. The van der Waals surface area contributed by atoms with Crippen LogP contribution in [0.3, 0.4) is 0 Å². The van der Waals surface area contributed by atoms with Crippen molar-refractivity contribution < 1.29 is 14.3 Å². The van der Waals surface area contributed by atoms with Gasteiger partial charge in [-0.25, -0.2) is 0 Å². The molecule has 0 N–H and O–H groups in total. The molecule has 2 aliphatic rings. The number of carbonyl (C=O) groups excluding carboxylic acids is 2. The average molecular weight is 433 g/mol. The second-order valence-electron chi connectivity index (χ2n) is 8.41. The maximum absolute atomic E-state index is 13.3. The molecule has 2 amide bonds. The lowest BCUT2D eigenvalue weighted by Crippen LogP contribution is -2.40. The number of methoxy groups -OCH3 is 1. The van der Waals surface area contributed by atoms with Gasteiger partial charge in [0.05, 0.1) is 30.3 Å². The van der Waals surface area contributed by atoms with Crippen LogP contribution in [-0.2, 0) is 9.59 Å². The minimum Gasteiger partial charge on any atom is -0.495 e. The molecule has 0 aliphatic carbocycles. The number of carbonyl (C=O) groups is 2. The Morgan fingerprint density at radius 2 is 1.88 bits per heavy atom. The molecule has 1 atom stereocenters. The van der Waals surface area contributed by atoms with Gasteiger partial charge in [0.15, 0.2) is 0 Å². The molecule has 0 aromatic heterocycles. The van der Waals surface area contributed by atoms with Gasteiger partial charge in [0, 0.05) is 44.8 Å². The molecule has 0 radical (unpaired) electrons. The fraction of sp³-hybridized carbons (Fsp3) is 0.400. The van der Waals surface area contributed by atoms with Gasteiger partial charge in [0.1, 0.15) is 5.75 Å². The van der Waals surface area contributed by atoms with Crippen molar-refractivity contribution in [3.8, 4) is 11.8 Å². The lowest BCUT2D eigenvalue weighted by atomic mass is 10.1. The summed E-state index contributed by atoms with van der Waals surface area (Å²) in [5.74, 6) is 0.314. The molecule has 2 saturated heterocycles. The molecule has 166 valence electrons. The van der Waals surface area contributed by atoms with E-state index in [-0.39, 0.29) is 24.2 Å². The number of nitriles is 1. The summed E-state index contributed by atoms with van der Waals surface area (Å²) < 4.78 is 5.45. The van der Waals surface area contributed by atoms with Gasteiger partial charge in [-0.15, -0.1) is 0 Å². The van der Waals surface area contributed by atoms with E-state index in [4.69, 9.17) is 10.00 Å². The molecule has 32 heavy (non-hydrogen) atoms. The molecule has 7 nitrogen and oxygen atoms in total. The van der Waals surface area contributed by atoms with Crippen LogP contribution >= 0.6 is 0 Å². The number of nitrogens with zero attached hydrogens (tertiary/aromatic N) is 4. The van der Waals surface area contributed by atoms with E-state index in [0.29, 0.717) is 30.9 Å². The van der Waals surface area contributed by atoms with Crippen LogP contribution in [0.25, 0.3) is 0 Å². The van der Waals surface area contributed by atoms with Crippen molar-refractivity contribution in [2.45, 2.75) is 19.8 Å². The van der Waals surface area contributed by atoms with Gasteiger partial charge in [0.2, 0.25) is 11.8 Å². The summed E-state index contributed by atoms with van der Waals surface area (Å²) in [6.07, 6.45) is 1.09. The Kier molecular flexibility index (Phi) is 6.31. The van der Waals surface area contributed by atoms with Gasteiger partial charge in [-0.1, -0.05) is 6.07 Å². The van der Waals surface area contributed by atoms with E-state index in [0.717, 1.165) is 36.4 Å². The van der Waals surface area contributed by atoms with Crippen LogP contribution < -0.4 is 14.5 Å². The maximum atomic E-state index is 13.3. The minimum absolute atomic E-state index is 0.0405. The quantitative estimate of drug-likeness (QED) is 0.742. The topological polar surface area (TPSA) is 76.9 Å². The monoisotopic (exact) mass is 432 g/mol. The van der Waals surface area contributed by atoms with Gasteiger partial charge in [-0.3, -0.25) is 9.59 Å². The number of hydrogen-bond acceptors (Lipinski definition) is 5. The maximum Gasteiger partial charge on any atom is 0.228 e. The number of ether oxygens (including phenoxy) is 1. The van der Waals surface area contributed by atoms with Crippen molar-refractivity contribution in [3.05, 3.63) is 53.6 Å². The second kappa shape index (κ2) is 9.31. The summed E-state index contributed by atoms with van der Waals surface area (Å²) in [5.41, 5.74) is 3.47. The Bertz CT molecular complexity index is 1040. The van der Waals surface area contributed by atoms with E-state index in [2.05, 4.69) is 11.0 Å². The molecule has 2 aromatic rings. The first-order chi connectivity index (χ1) is 15.5. The molecule has 2 aromatic carbocycles. The first kappa shape index (κ1) is 21.7. The number of anilines is 2. The van der Waals surface area contributed by atoms with Crippen LogP contribution in [0.2, 0.25) is 0 Å². The van der Waals surface area contributed by atoms with Gasteiger partial charge in [0.25, 0.3) is 0 Å². The summed E-state index contributed by atoms with van der Waals surface area (Å²) in [4.78, 5) is 31.9. The van der Waals surface area contributed by atoms with Crippen LogP contribution in [0.4, 0.5) is 11.4 Å². The zero-order valence-corrected chi connectivity index (χ0v) is 18.6. The Morgan fingerprint density at radius 1 is 1.09 bits per heavy atom. The van der Waals surface area contributed by atoms with E-state index >= 15 is 0 Å². The average Bonchev–Trinajstić information content (AvgIpc) is 3.03. The highest BCUT2D eigenvalue weighted by Gasteiger charge is 2.38. The molecule has 4 rings (SSSR count). The lowest BCUT2D eigenvalue weighted by molar-refractivity contribution is -0.135. The number of amides is 2. The Labute approximate surface area is 188 Å². The van der Waals surface area contributed by atoms with Gasteiger partial charge in [-0.05, 0) is 55.3 Å². The number of benzene rings is 2. The van der Waals surface area contributed by atoms with Gasteiger partial charge >= 0.3 is 0 Å². The zero-order valence-electron chi connectivity index (χ0n) is 18.6. The highest BCUT2D eigenvalue weighted by molar-refractivity contribution is 6.01. The van der Waals surface area contributed by atoms with Crippen LogP contribution in [0, 0.1) is 24.2 Å². The lowest BCUT2D eigenvalue weighted by Gasteiger charge is -2.25. The summed E-state index contributed by atoms with van der Waals surface area (Å²) in [7, 11) is 1.59. The summed E-state index contributed by atoms with van der Waals surface area (Å²) in [6.45, 7) is 5.25. The predicted octanol–water partition coefficient (Wildman–Crippen LogP) is 2.97. The minimum atomic E-state index is -0.339. The third kappa shape index (κ3) is 4.40. The van der Waals surface area contributed by atoms with Crippen molar-refractivity contribution in [2.24, 2.45) is 5.92 Å². The molecule has 2 fully saturated rings. The number of aryl methyl sites for hydroxylation is 1. The second-order valence-corrected chi connectivity index (χ2v) is 8.41. The Morgan fingerprint density at radius 3 is 2.59 bits per heavy atom. The fourth-order valence-electron chi connectivity index (χ4n) is 4.52. The van der Waals surface area contributed by atoms with Crippen molar-refractivity contribution in [1.29, 1.82) is 5.26 Å². The van der Waals surface area contributed by atoms with Crippen molar-refractivity contribution in [1.82, 2.24) is 4.90 Å².